The topological polar surface area (TPSA) is 43.9 Å². The number of fused-ring (bicyclic) bond motifs is 1. The van der Waals surface area contributed by atoms with E-state index in [1.165, 1.54) is 0 Å². The standard InChI is InChI=1S/C13H13N3O/c1-3-9-8-17-12-5-4-11(15-13(9)12)10-6-14-16(2)7-10/h4-8H,3H2,1-2H3. The van der Waals surface area contributed by atoms with Gasteiger partial charge in [0.25, 0.3) is 0 Å². The maximum atomic E-state index is 5.45. The molecule has 0 aliphatic heterocycles. The molecule has 0 aliphatic carbocycles. The van der Waals surface area contributed by atoms with Gasteiger partial charge in [0.05, 0.1) is 18.2 Å². The van der Waals surface area contributed by atoms with Gasteiger partial charge in [-0.3, -0.25) is 4.68 Å². The summed E-state index contributed by atoms with van der Waals surface area (Å²) in [4.78, 5) is 4.64. The largest absolute Gasteiger partial charge is 0.462 e. The van der Waals surface area contributed by atoms with Crippen molar-refractivity contribution in [1.82, 2.24) is 14.8 Å². The smallest absolute Gasteiger partial charge is 0.152 e. The van der Waals surface area contributed by atoms with Gasteiger partial charge < -0.3 is 4.42 Å². The predicted molar refractivity (Wildman–Crippen MR) is 65.6 cm³/mol. The van der Waals surface area contributed by atoms with Gasteiger partial charge in [-0.2, -0.15) is 5.10 Å². The lowest BCUT2D eigenvalue weighted by atomic mass is 10.2. The first kappa shape index (κ1) is 10.1. The van der Waals surface area contributed by atoms with E-state index in [4.69, 9.17) is 4.42 Å². The summed E-state index contributed by atoms with van der Waals surface area (Å²) in [5, 5.41) is 4.16. The zero-order chi connectivity index (χ0) is 11.8. The lowest BCUT2D eigenvalue weighted by molar-refractivity contribution is 0.611. The molecule has 3 aromatic rings. The molecule has 3 heterocycles. The van der Waals surface area contributed by atoms with Crippen molar-refractivity contribution < 1.29 is 4.42 Å². The summed E-state index contributed by atoms with van der Waals surface area (Å²) in [6.07, 6.45) is 6.49. The van der Waals surface area contributed by atoms with Crippen LogP contribution < -0.4 is 0 Å². The molecule has 0 amide bonds. The molecule has 0 N–H and O–H groups in total. The van der Waals surface area contributed by atoms with Crippen LogP contribution in [-0.2, 0) is 13.5 Å². The summed E-state index contributed by atoms with van der Waals surface area (Å²) >= 11 is 0. The Bertz CT molecular complexity index is 666. The van der Waals surface area contributed by atoms with Crippen molar-refractivity contribution in [3.05, 3.63) is 36.4 Å². The third-order valence-corrected chi connectivity index (χ3v) is 2.87. The fraction of sp³-hybridized carbons (Fsp3) is 0.231. The minimum absolute atomic E-state index is 0.842. The predicted octanol–water partition coefficient (Wildman–Crippen LogP) is 2.79. The molecular formula is C13H13N3O. The molecule has 0 aliphatic rings. The van der Waals surface area contributed by atoms with Crippen LogP contribution in [0, 0.1) is 0 Å². The van der Waals surface area contributed by atoms with Crippen molar-refractivity contribution >= 4 is 11.1 Å². The zero-order valence-corrected chi connectivity index (χ0v) is 9.84. The van der Waals surface area contributed by atoms with Gasteiger partial charge in [-0.1, -0.05) is 6.92 Å². The van der Waals surface area contributed by atoms with Gasteiger partial charge in [-0.05, 0) is 18.6 Å². The van der Waals surface area contributed by atoms with E-state index in [1.807, 2.05) is 31.6 Å². The molecule has 0 saturated heterocycles. The quantitative estimate of drug-likeness (QED) is 0.676. The summed E-state index contributed by atoms with van der Waals surface area (Å²) < 4.78 is 7.23. The van der Waals surface area contributed by atoms with Gasteiger partial charge in [0.1, 0.15) is 5.52 Å². The molecule has 0 saturated carbocycles. The van der Waals surface area contributed by atoms with Crippen molar-refractivity contribution in [1.29, 1.82) is 0 Å². The van der Waals surface area contributed by atoms with E-state index >= 15 is 0 Å². The minimum atomic E-state index is 0.842. The summed E-state index contributed by atoms with van der Waals surface area (Å²) in [5.41, 5.74) is 4.90. The van der Waals surface area contributed by atoms with Gasteiger partial charge in [-0.15, -0.1) is 0 Å². The number of hydrogen-bond acceptors (Lipinski definition) is 3. The third kappa shape index (κ3) is 1.62. The van der Waals surface area contributed by atoms with Crippen LogP contribution in [0.15, 0.2) is 35.2 Å². The van der Waals surface area contributed by atoms with Crippen molar-refractivity contribution in [3.63, 3.8) is 0 Å². The number of furan rings is 1. The molecule has 0 spiro atoms. The number of aryl methyl sites for hydroxylation is 2. The van der Waals surface area contributed by atoms with Crippen LogP contribution in [0.5, 0.6) is 0 Å². The van der Waals surface area contributed by atoms with Crippen molar-refractivity contribution in [2.24, 2.45) is 7.05 Å². The Labute approximate surface area is 98.9 Å². The Morgan fingerprint density at radius 1 is 1.35 bits per heavy atom. The van der Waals surface area contributed by atoms with E-state index in [0.717, 1.165) is 34.3 Å². The first-order chi connectivity index (χ1) is 8.28. The average molecular weight is 227 g/mol. The fourth-order valence-electron chi connectivity index (χ4n) is 1.93. The highest BCUT2D eigenvalue weighted by molar-refractivity contribution is 5.79. The van der Waals surface area contributed by atoms with Gasteiger partial charge >= 0.3 is 0 Å². The summed E-state index contributed by atoms with van der Waals surface area (Å²) in [6, 6.07) is 3.92. The first-order valence-corrected chi connectivity index (χ1v) is 5.64. The average Bonchev–Trinajstić information content (AvgIpc) is 2.94. The van der Waals surface area contributed by atoms with E-state index in [1.54, 1.807) is 10.9 Å². The summed E-state index contributed by atoms with van der Waals surface area (Å²) in [5.74, 6) is 0. The van der Waals surface area contributed by atoms with Gasteiger partial charge in [0, 0.05) is 24.4 Å². The van der Waals surface area contributed by atoms with Crippen LogP contribution in [0.25, 0.3) is 22.4 Å². The number of aromatic nitrogens is 3. The minimum Gasteiger partial charge on any atom is -0.462 e. The highest BCUT2D eigenvalue weighted by atomic mass is 16.3. The molecule has 4 nitrogen and oxygen atoms in total. The zero-order valence-electron chi connectivity index (χ0n) is 9.84. The SMILES string of the molecule is CCc1coc2ccc(-c3cnn(C)c3)nc12. The second-order valence-electron chi connectivity index (χ2n) is 4.06. The molecule has 0 bridgehead atoms. The second kappa shape index (κ2) is 3.73. The Morgan fingerprint density at radius 2 is 2.24 bits per heavy atom. The Hall–Kier alpha value is -2.10. The second-order valence-corrected chi connectivity index (χ2v) is 4.06. The molecular weight excluding hydrogens is 214 g/mol. The molecule has 86 valence electrons. The van der Waals surface area contributed by atoms with Gasteiger partial charge in [0.2, 0.25) is 0 Å². The molecule has 0 unspecified atom stereocenters. The van der Waals surface area contributed by atoms with Crippen molar-refractivity contribution in [2.45, 2.75) is 13.3 Å². The lowest BCUT2D eigenvalue weighted by Gasteiger charge is -1.97. The monoisotopic (exact) mass is 227 g/mol. The van der Waals surface area contributed by atoms with E-state index < -0.39 is 0 Å². The molecule has 0 fully saturated rings. The molecule has 17 heavy (non-hydrogen) atoms. The molecule has 4 heteroatoms. The first-order valence-electron chi connectivity index (χ1n) is 5.64. The normalized spacial score (nSPS) is 11.2. The van der Waals surface area contributed by atoms with Crippen molar-refractivity contribution in [2.75, 3.05) is 0 Å². The van der Waals surface area contributed by atoms with Crippen LogP contribution in [-0.4, -0.2) is 14.8 Å². The van der Waals surface area contributed by atoms with Crippen LogP contribution >= 0.6 is 0 Å². The van der Waals surface area contributed by atoms with Crippen molar-refractivity contribution in [3.8, 4) is 11.3 Å². The molecule has 3 rings (SSSR count). The molecule has 0 atom stereocenters. The van der Waals surface area contributed by atoms with Crippen LogP contribution in [0.4, 0.5) is 0 Å². The van der Waals surface area contributed by atoms with E-state index in [-0.39, 0.29) is 0 Å². The Balaban J connectivity index is 2.18. The van der Waals surface area contributed by atoms with E-state index in [0.29, 0.717) is 0 Å². The molecule has 0 aromatic carbocycles. The van der Waals surface area contributed by atoms with Gasteiger partial charge in [-0.25, -0.2) is 4.98 Å². The third-order valence-electron chi connectivity index (χ3n) is 2.87. The number of hydrogen-bond donors (Lipinski definition) is 0. The summed E-state index contributed by atoms with van der Waals surface area (Å²) in [7, 11) is 1.90. The fourth-order valence-corrected chi connectivity index (χ4v) is 1.93. The highest BCUT2D eigenvalue weighted by Crippen LogP contribution is 2.24. The number of pyridine rings is 1. The molecule has 0 radical (unpaired) electrons. The van der Waals surface area contributed by atoms with E-state index in [9.17, 15) is 0 Å². The van der Waals surface area contributed by atoms with Gasteiger partial charge in [0.15, 0.2) is 5.58 Å². The van der Waals surface area contributed by atoms with Crippen LogP contribution in [0.3, 0.4) is 0 Å². The highest BCUT2D eigenvalue weighted by Gasteiger charge is 2.08. The van der Waals surface area contributed by atoms with Crippen LogP contribution in [0.1, 0.15) is 12.5 Å². The maximum absolute atomic E-state index is 5.45. The van der Waals surface area contributed by atoms with E-state index in [2.05, 4.69) is 17.0 Å². The lowest BCUT2D eigenvalue weighted by Crippen LogP contribution is -1.86. The van der Waals surface area contributed by atoms with Crippen LogP contribution in [0.2, 0.25) is 0 Å². The summed E-state index contributed by atoms with van der Waals surface area (Å²) in [6.45, 7) is 2.10. The Morgan fingerprint density at radius 3 is 2.94 bits per heavy atom. The number of nitrogens with zero attached hydrogens (tertiary/aromatic N) is 3. The number of rotatable bonds is 2. The maximum Gasteiger partial charge on any atom is 0.152 e. The molecule has 3 aromatic heterocycles. The Kier molecular flexibility index (Phi) is 2.21.